The Balaban J connectivity index is 1.83. The molecule has 6 nitrogen and oxygen atoms in total. The Morgan fingerprint density at radius 2 is 1.61 bits per heavy atom. The molecule has 0 aliphatic heterocycles. The van der Waals surface area contributed by atoms with Crippen molar-refractivity contribution in [3.8, 4) is 0 Å². The molecule has 0 radical (unpaired) electrons. The summed E-state index contributed by atoms with van der Waals surface area (Å²) in [7, 11) is 3.15. The van der Waals surface area contributed by atoms with E-state index in [0.29, 0.717) is 46.1 Å². The molecule has 0 aromatic rings. The normalized spacial score (nSPS) is 23.1. The number of ketones is 1. The zero-order chi connectivity index (χ0) is 13.2. The summed E-state index contributed by atoms with van der Waals surface area (Å²) in [5.41, 5.74) is 0. The number of Topliss-reactive ketones (excluding diaryl/α,β-unsaturated/α-hetero) is 1. The maximum absolute atomic E-state index is 11.1. The Hall–Kier alpha value is -0.530. The van der Waals surface area contributed by atoms with Gasteiger partial charge in [-0.2, -0.15) is 0 Å². The molecule has 0 saturated heterocycles. The summed E-state index contributed by atoms with van der Waals surface area (Å²) in [4.78, 5) is 11.1. The minimum atomic E-state index is -0.387. The number of rotatable bonds is 11. The number of carbonyl (C=O) groups is 1. The number of hydrogen-bond acceptors (Lipinski definition) is 6. The van der Waals surface area contributed by atoms with Gasteiger partial charge < -0.3 is 23.7 Å². The highest BCUT2D eigenvalue weighted by molar-refractivity contribution is 5.90. The van der Waals surface area contributed by atoms with Gasteiger partial charge >= 0.3 is 0 Å². The zero-order valence-electron chi connectivity index (χ0n) is 11.1. The van der Waals surface area contributed by atoms with Crippen LogP contribution in [0.2, 0.25) is 0 Å². The van der Waals surface area contributed by atoms with E-state index < -0.39 is 0 Å². The summed E-state index contributed by atoms with van der Waals surface area (Å²) in [6.45, 7) is 3.22. The molecule has 0 bridgehead atoms. The van der Waals surface area contributed by atoms with Crippen LogP contribution in [0, 0.1) is 0 Å². The molecule has 1 fully saturated rings. The first-order valence-corrected chi connectivity index (χ1v) is 6.11. The molecular weight excluding hydrogens is 240 g/mol. The van der Waals surface area contributed by atoms with Crippen molar-refractivity contribution in [2.45, 2.75) is 18.6 Å². The van der Waals surface area contributed by atoms with Gasteiger partial charge in [-0.25, -0.2) is 0 Å². The molecule has 0 aromatic heterocycles. The quantitative estimate of drug-likeness (QED) is 0.490. The van der Waals surface area contributed by atoms with E-state index in [9.17, 15) is 4.79 Å². The van der Waals surface area contributed by atoms with Crippen molar-refractivity contribution in [3.63, 3.8) is 0 Å². The predicted octanol–water partition coefficient (Wildman–Crippen LogP) is 0.0390. The van der Waals surface area contributed by atoms with Gasteiger partial charge in [0.15, 0.2) is 5.78 Å². The van der Waals surface area contributed by atoms with E-state index in [1.807, 2.05) is 0 Å². The minimum absolute atomic E-state index is 0.106. The molecule has 0 aromatic carbocycles. The van der Waals surface area contributed by atoms with E-state index in [2.05, 4.69) is 0 Å². The molecule has 1 aliphatic carbocycles. The summed E-state index contributed by atoms with van der Waals surface area (Å²) in [6, 6.07) is 0. The van der Waals surface area contributed by atoms with Crippen molar-refractivity contribution in [3.05, 3.63) is 0 Å². The van der Waals surface area contributed by atoms with E-state index in [1.54, 1.807) is 7.11 Å². The fourth-order valence-corrected chi connectivity index (χ4v) is 1.62. The van der Waals surface area contributed by atoms with E-state index in [1.165, 1.54) is 7.11 Å². The van der Waals surface area contributed by atoms with E-state index in [-0.39, 0.29) is 18.0 Å². The van der Waals surface area contributed by atoms with Crippen LogP contribution in [0.3, 0.4) is 0 Å². The first-order valence-electron chi connectivity index (χ1n) is 6.11. The van der Waals surface area contributed by atoms with Crippen LogP contribution in [-0.2, 0) is 28.5 Å². The lowest BCUT2D eigenvalue weighted by molar-refractivity contribution is -0.163. The zero-order valence-corrected chi connectivity index (χ0v) is 11.1. The van der Waals surface area contributed by atoms with Gasteiger partial charge in [-0.15, -0.1) is 0 Å². The van der Waals surface area contributed by atoms with Crippen LogP contribution in [0.15, 0.2) is 0 Å². The highest BCUT2D eigenvalue weighted by atomic mass is 16.6. The smallest absolute Gasteiger partial charge is 0.166 e. The SMILES string of the molecule is COCCOCCOCCOC1CC(=O)C1OC. The molecule has 1 aliphatic rings. The molecule has 2 atom stereocenters. The average molecular weight is 262 g/mol. The van der Waals surface area contributed by atoms with Crippen LogP contribution < -0.4 is 0 Å². The first-order chi connectivity index (χ1) is 8.79. The number of methoxy groups -OCH3 is 2. The lowest BCUT2D eigenvalue weighted by atomic mass is 9.90. The van der Waals surface area contributed by atoms with Crippen LogP contribution in [0.4, 0.5) is 0 Å². The molecular formula is C12H22O6. The Morgan fingerprint density at radius 1 is 1.00 bits per heavy atom. The third-order valence-corrected chi connectivity index (χ3v) is 2.67. The Kier molecular flexibility index (Phi) is 8.11. The van der Waals surface area contributed by atoms with Gasteiger partial charge in [-0.1, -0.05) is 0 Å². The van der Waals surface area contributed by atoms with Crippen molar-refractivity contribution in [1.29, 1.82) is 0 Å². The van der Waals surface area contributed by atoms with E-state index >= 15 is 0 Å². The lowest BCUT2D eigenvalue weighted by Gasteiger charge is -2.33. The second-order valence-corrected chi connectivity index (χ2v) is 3.95. The molecule has 0 amide bonds. The number of ether oxygens (including phenoxy) is 5. The second-order valence-electron chi connectivity index (χ2n) is 3.95. The topological polar surface area (TPSA) is 63.2 Å². The van der Waals surface area contributed by atoms with Crippen LogP contribution in [-0.4, -0.2) is 71.9 Å². The molecule has 0 heterocycles. The standard InChI is InChI=1S/C12H22O6/c1-14-3-4-16-5-6-17-7-8-18-11-9-10(13)12(11)15-2/h11-12H,3-9H2,1-2H3. The van der Waals surface area contributed by atoms with Gasteiger partial charge in [0, 0.05) is 20.6 Å². The van der Waals surface area contributed by atoms with Crippen molar-refractivity contribution in [2.75, 3.05) is 53.9 Å². The molecule has 1 rings (SSSR count). The third-order valence-electron chi connectivity index (χ3n) is 2.67. The van der Waals surface area contributed by atoms with Gasteiger partial charge in [0.25, 0.3) is 0 Å². The summed E-state index contributed by atoms with van der Waals surface area (Å²) in [5.74, 6) is 0.106. The summed E-state index contributed by atoms with van der Waals surface area (Å²) >= 11 is 0. The van der Waals surface area contributed by atoms with Gasteiger partial charge in [-0.3, -0.25) is 4.79 Å². The summed E-state index contributed by atoms with van der Waals surface area (Å²) in [6.07, 6.45) is -0.0510. The number of carbonyl (C=O) groups excluding carboxylic acids is 1. The molecule has 0 spiro atoms. The maximum Gasteiger partial charge on any atom is 0.166 e. The molecule has 106 valence electrons. The Labute approximate surface area is 107 Å². The molecule has 0 N–H and O–H groups in total. The molecule has 18 heavy (non-hydrogen) atoms. The highest BCUT2D eigenvalue weighted by Gasteiger charge is 2.40. The van der Waals surface area contributed by atoms with Gasteiger partial charge in [0.2, 0.25) is 0 Å². The van der Waals surface area contributed by atoms with Crippen LogP contribution >= 0.6 is 0 Å². The Bertz CT molecular complexity index is 233. The van der Waals surface area contributed by atoms with E-state index in [4.69, 9.17) is 23.7 Å². The van der Waals surface area contributed by atoms with Crippen LogP contribution in [0.5, 0.6) is 0 Å². The van der Waals surface area contributed by atoms with Crippen molar-refractivity contribution in [2.24, 2.45) is 0 Å². The van der Waals surface area contributed by atoms with Crippen molar-refractivity contribution < 1.29 is 28.5 Å². The van der Waals surface area contributed by atoms with Gasteiger partial charge in [-0.05, 0) is 0 Å². The largest absolute Gasteiger partial charge is 0.382 e. The monoisotopic (exact) mass is 262 g/mol. The fraction of sp³-hybridized carbons (Fsp3) is 0.917. The highest BCUT2D eigenvalue weighted by Crippen LogP contribution is 2.21. The molecule has 1 saturated carbocycles. The van der Waals surface area contributed by atoms with Crippen LogP contribution in [0.1, 0.15) is 6.42 Å². The average Bonchev–Trinajstić information content (AvgIpc) is 2.35. The summed E-state index contributed by atoms with van der Waals surface area (Å²) < 4.78 is 25.8. The lowest BCUT2D eigenvalue weighted by Crippen LogP contribution is -2.50. The first kappa shape index (κ1) is 15.5. The van der Waals surface area contributed by atoms with Crippen molar-refractivity contribution in [1.82, 2.24) is 0 Å². The van der Waals surface area contributed by atoms with Crippen LogP contribution in [0.25, 0.3) is 0 Å². The Morgan fingerprint density at radius 3 is 2.17 bits per heavy atom. The maximum atomic E-state index is 11.1. The summed E-state index contributed by atoms with van der Waals surface area (Å²) in [5, 5.41) is 0. The van der Waals surface area contributed by atoms with Gasteiger partial charge in [0.05, 0.1) is 45.7 Å². The number of hydrogen-bond donors (Lipinski definition) is 0. The fourth-order valence-electron chi connectivity index (χ4n) is 1.62. The molecule has 6 heteroatoms. The third kappa shape index (κ3) is 5.41. The minimum Gasteiger partial charge on any atom is -0.382 e. The van der Waals surface area contributed by atoms with Crippen molar-refractivity contribution >= 4 is 5.78 Å². The van der Waals surface area contributed by atoms with Gasteiger partial charge in [0.1, 0.15) is 6.10 Å². The second kappa shape index (κ2) is 9.41. The predicted molar refractivity (Wildman–Crippen MR) is 63.7 cm³/mol. The van der Waals surface area contributed by atoms with E-state index in [0.717, 1.165) is 0 Å². The molecule has 2 unspecified atom stereocenters.